The molecule has 0 heterocycles. The average molecular weight is 177 g/mol. The molecule has 0 saturated carbocycles. The van der Waals surface area contributed by atoms with Crippen molar-refractivity contribution in [3.63, 3.8) is 0 Å². The third-order valence-electron chi connectivity index (χ3n) is 0. The molecule has 0 saturated heterocycles. The van der Waals surface area contributed by atoms with Gasteiger partial charge >= 0.3 is 0 Å². The maximum atomic E-state index is 8.47. The summed E-state index contributed by atoms with van der Waals surface area (Å²) in [6, 6.07) is 0. The van der Waals surface area contributed by atoms with Gasteiger partial charge in [-0.05, 0) is 0 Å². The van der Waals surface area contributed by atoms with Crippen molar-refractivity contribution >= 4 is 12.8 Å². The van der Waals surface area contributed by atoms with Crippen LogP contribution in [0, 0.1) is 0 Å². The predicted molar refractivity (Wildman–Crippen MR) is 20.8 cm³/mol. The Morgan fingerprint density at radius 3 is 1.00 bits per heavy atom. The minimum Gasteiger partial charge on any atom is -0.671 e. The first-order chi connectivity index (χ1) is 2.83. The van der Waals surface area contributed by atoms with E-state index in [1.807, 2.05) is 0 Å². The van der Waals surface area contributed by atoms with Gasteiger partial charge in [0.1, 0.15) is 0 Å². The zero-order valence-electron chi connectivity index (χ0n) is 3.55. The Kier molecular flexibility index (Phi) is 82.7. The first-order valence-electron chi connectivity index (χ1n) is 1.05. The fourth-order valence-electron chi connectivity index (χ4n) is 0. The Morgan fingerprint density at radius 2 is 1.00 bits per heavy atom. The Hall–Kier alpha value is 0.0439. The van der Waals surface area contributed by atoms with Crippen LogP contribution in [-0.4, -0.2) is 12.8 Å². The van der Waals surface area contributed by atoms with Gasteiger partial charge in [0.05, 0.1) is 0 Å². The Labute approximate surface area is 66.5 Å². The first kappa shape index (κ1) is 15.7. The minimum absolute atomic E-state index is 0. The molecule has 39 valence electrons. The summed E-state index contributed by atoms with van der Waals surface area (Å²) in [4.78, 5) is 16.9. The minimum atomic E-state index is 0. The second-order valence-corrected chi connectivity index (χ2v) is 0.236. The normalized spacial score (nSPS) is 3.43. The summed E-state index contributed by atoms with van der Waals surface area (Å²) in [7, 11) is 0. The van der Waals surface area contributed by atoms with Crippen molar-refractivity contribution in [1.82, 2.24) is 0 Å². The van der Waals surface area contributed by atoms with Crippen LogP contribution < -0.4 is 0 Å². The van der Waals surface area contributed by atoms with Crippen LogP contribution in [-0.2, 0) is 42.3 Å². The molecule has 0 unspecified atom stereocenters. The molecule has 5 heteroatoms. The van der Waals surface area contributed by atoms with E-state index in [0.29, 0.717) is 0 Å². The fraction of sp³-hybridized carbons (Fsp3) is 0. The van der Waals surface area contributed by atoms with E-state index in [1.165, 1.54) is 0 Å². The molecule has 2 amide bonds. The number of nitrogens with one attached hydrogen (secondary N) is 2. The van der Waals surface area contributed by atoms with E-state index in [0.717, 1.165) is 0 Å². The number of hydrogen-bond donors (Lipinski definition) is 0. The molecule has 0 bridgehead atoms. The summed E-state index contributed by atoms with van der Waals surface area (Å²) in [6.07, 6.45) is 0. The molecule has 0 aromatic carbocycles. The molecule has 0 spiro atoms. The summed E-state index contributed by atoms with van der Waals surface area (Å²) in [5.74, 6) is 0. The van der Waals surface area contributed by atoms with Crippen LogP contribution in [0.5, 0.6) is 0 Å². The summed E-state index contributed by atoms with van der Waals surface area (Å²) >= 11 is 0. The van der Waals surface area contributed by atoms with E-state index in [9.17, 15) is 0 Å². The molecule has 0 aromatic heterocycles. The van der Waals surface area contributed by atoms with Crippen molar-refractivity contribution in [2.75, 3.05) is 0 Å². The zero-order valence-corrected chi connectivity index (χ0v) is 6.39. The molecule has 0 aliphatic heterocycles. The van der Waals surface area contributed by atoms with Gasteiger partial charge in [-0.2, -0.15) is 0 Å². The molecule has 7 heavy (non-hydrogen) atoms. The van der Waals surface area contributed by atoms with Gasteiger partial charge in [0.25, 0.3) is 0 Å². The number of hydrogen-bond acceptors (Lipinski definition) is 2. The van der Waals surface area contributed by atoms with E-state index in [4.69, 9.17) is 21.1 Å². The average Bonchev–Trinajstić information content (AvgIpc) is 1.39. The van der Waals surface area contributed by atoms with Crippen molar-refractivity contribution in [3.8, 4) is 0 Å². The van der Waals surface area contributed by atoms with Crippen molar-refractivity contribution < 1.29 is 42.3 Å². The first-order valence-corrected chi connectivity index (χ1v) is 1.05. The van der Waals surface area contributed by atoms with Gasteiger partial charge in [-0.3, -0.25) is 0 Å². The van der Waals surface area contributed by atoms with E-state index in [1.54, 1.807) is 0 Å². The molecular weight excluding hydrogens is 173 g/mol. The van der Waals surface area contributed by atoms with Gasteiger partial charge in [0.15, 0.2) is 0 Å². The van der Waals surface area contributed by atoms with Crippen LogP contribution in [0.15, 0.2) is 0 Å². The second kappa shape index (κ2) is 36.8. The Bertz CT molecular complexity index is 34.7. The summed E-state index contributed by atoms with van der Waals surface area (Å²) in [6.45, 7) is 0. The van der Waals surface area contributed by atoms with Gasteiger partial charge in [-0.1, -0.05) is 0 Å². The smallest absolute Gasteiger partial charge is 0.0344 e. The Morgan fingerprint density at radius 1 is 1.00 bits per heavy atom. The molecule has 0 aliphatic rings. The molecule has 4 nitrogen and oxygen atoms in total. The van der Waals surface area contributed by atoms with Crippen molar-refractivity contribution in [2.45, 2.75) is 0 Å². The second-order valence-electron chi connectivity index (χ2n) is 0.236. The van der Waals surface area contributed by atoms with E-state index in [-0.39, 0.29) is 45.5 Å². The molecule has 1 radical (unpaired) electrons. The molecule has 0 fully saturated rings. The van der Waals surface area contributed by atoms with Crippen LogP contribution >= 0.6 is 0 Å². The maximum Gasteiger partial charge on any atom is 0.0344 e. The predicted octanol–water partition coefficient (Wildman–Crippen LogP) is 0.388. The van der Waals surface area contributed by atoms with Crippen LogP contribution in [0.1, 0.15) is 0 Å². The largest absolute Gasteiger partial charge is 0.671 e. The van der Waals surface area contributed by atoms with Crippen LogP contribution in [0.25, 0.3) is 11.5 Å². The van der Waals surface area contributed by atoms with Crippen molar-refractivity contribution in [3.05, 3.63) is 11.5 Å². The summed E-state index contributed by atoms with van der Waals surface area (Å²) < 4.78 is 0. The number of rotatable bonds is 0. The summed E-state index contributed by atoms with van der Waals surface area (Å²) in [5, 5.41) is 0. The maximum absolute atomic E-state index is 8.47. The molecule has 0 aromatic rings. The van der Waals surface area contributed by atoms with Gasteiger partial charge in [-0.25, -0.2) is 0 Å². The van der Waals surface area contributed by atoms with E-state index in [2.05, 4.69) is 0 Å². The van der Waals surface area contributed by atoms with Gasteiger partial charge < -0.3 is 21.1 Å². The molecule has 0 atom stereocenters. The molecular formula is C2H4N2O2Y-2. The fourth-order valence-corrected chi connectivity index (χ4v) is 0. The SMILES string of the molecule is [NH-]C=O.[NH-]C=O.[Y]. The van der Waals surface area contributed by atoms with Crippen LogP contribution in [0.2, 0.25) is 0 Å². The monoisotopic (exact) mass is 177 g/mol. The standard InChI is InChI=1S/2CH3NO.Y/c2*2-1-3;/h2*1H,(H2,2,3);/p-2. The molecule has 0 rings (SSSR count). The van der Waals surface area contributed by atoms with E-state index >= 15 is 0 Å². The van der Waals surface area contributed by atoms with E-state index < -0.39 is 0 Å². The quantitative estimate of drug-likeness (QED) is 0.501. The van der Waals surface area contributed by atoms with Crippen molar-refractivity contribution in [2.24, 2.45) is 0 Å². The number of carbonyl (C=O) groups is 2. The zero-order chi connectivity index (χ0) is 5.41. The number of amides is 2. The summed E-state index contributed by atoms with van der Waals surface area (Å²) in [5.41, 5.74) is 11.1. The van der Waals surface area contributed by atoms with Gasteiger partial charge in [0, 0.05) is 45.5 Å². The third-order valence-corrected chi connectivity index (χ3v) is 0. The van der Waals surface area contributed by atoms with Crippen molar-refractivity contribution in [1.29, 1.82) is 0 Å². The van der Waals surface area contributed by atoms with Gasteiger partial charge in [-0.15, -0.1) is 0 Å². The third kappa shape index (κ3) is 51300. The van der Waals surface area contributed by atoms with Crippen LogP contribution in [0.3, 0.4) is 0 Å². The Balaban J connectivity index is -0.0000000400. The number of carbonyl (C=O) groups excluding carboxylic acids is 2. The van der Waals surface area contributed by atoms with Gasteiger partial charge in [0.2, 0.25) is 0 Å². The topological polar surface area (TPSA) is 81.7 Å². The molecule has 0 aliphatic carbocycles. The molecule has 2 N–H and O–H groups in total. The van der Waals surface area contributed by atoms with Crippen LogP contribution in [0.4, 0.5) is 0 Å².